The third-order valence-corrected chi connectivity index (χ3v) is 16.3. The van der Waals surface area contributed by atoms with Gasteiger partial charge in [0.1, 0.15) is 5.75 Å². The molecule has 0 amide bonds. The van der Waals surface area contributed by atoms with Gasteiger partial charge in [-0.15, -0.1) is 0 Å². The normalized spacial score (nSPS) is 21.5. The molecule has 14 nitrogen and oxygen atoms in total. The summed E-state index contributed by atoms with van der Waals surface area (Å²) in [7, 11) is 1.36. The second kappa shape index (κ2) is 39.4. The van der Waals surface area contributed by atoms with Gasteiger partial charge >= 0.3 is 5.97 Å². The summed E-state index contributed by atoms with van der Waals surface area (Å²) in [6, 6.07) is 23.6. The molecule has 5 atom stereocenters. The number of nitrogens with one attached hydrogen (secondary N) is 1. The van der Waals surface area contributed by atoms with Gasteiger partial charge in [0.2, 0.25) is 0 Å². The first-order valence-electron chi connectivity index (χ1n) is 31.9. The van der Waals surface area contributed by atoms with Crippen molar-refractivity contribution in [3.8, 4) is 5.75 Å². The van der Waals surface area contributed by atoms with Crippen LogP contribution in [0.4, 0.5) is 0 Å². The number of piperazine rings is 1. The maximum absolute atomic E-state index is 11.1. The minimum absolute atomic E-state index is 0.0409. The quantitative estimate of drug-likeness (QED) is 0.0962. The Morgan fingerprint density at radius 1 is 0.630 bits per heavy atom. The van der Waals surface area contributed by atoms with Crippen LogP contribution < -0.4 is 33.0 Å². The first kappa shape index (κ1) is 73.8. The fraction of sp³-hybridized carbons (Fsp3) is 0.761. The average molecular weight is 1130 g/mol. The molecule has 81 heavy (non-hydrogen) atoms. The van der Waals surface area contributed by atoms with Crippen molar-refractivity contribution in [1.29, 1.82) is 0 Å². The molecular weight excluding hydrogens is 1010 g/mol. The Kier molecular flexibility index (Phi) is 35.9. The van der Waals surface area contributed by atoms with Crippen LogP contribution in [0.5, 0.6) is 5.75 Å². The minimum atomic E-state index is -0.332. The van der Waals surface area contributed by atoms with Crippen molar-refractivity contribution in [2.24, 2.45) is 28.9 Å². The van der Waals surface area contributed by atoms with Crippen LogP contribution >= 0.6 is 0 Å². The molecule has 5 saturated heterocycles. The number of benzene rings is 2. The van der Waals surface area contributed by atoms with E-state index < -0.39 is 0 Å². The molecule has 0 aliphatic carbocycles. The summed E-state index contributed by atoms with van der Waals surface area (Å²) in [5, 5.41) is 5.91. The Labute approximate surface area is 496 Å². The summed E-state index contributed by atoms with van der Waals surface area (Å²) in [6.45, 7) is 48.7. The number of carbonyl (C=O) groups excluding carboxylic acids is 1. The van der Waals surface area contributed by atoms with E-state index in [1.165, 1.54) is 121 Å². The lowest BCUT2D eigenvalue weighted by Crippen LogP contribution is -2.53. The SMILES string of the molecule is CC(C)Cc1nccc2ccccc12.CC(C)N1CCCC1C(C)(C)N.CC(C)N1CCCC1CN.CC(C)N1CCCCC1CN.CC(C)N1CCNCC1.CC(N)C1CCCN1C(C)C.COC(=O)c1ccc(OC(C)C)cc1. The molecule has 0 bridgehead atoms. The standard InChI is InChI=1S/C13H15N.C11H14O3.C10H22N2.2C9H20N2.C8H18N2.C7H16N2/c1-10(2)9-13-12-6-4-3-5-11(12)7-8-14-13;1-8(2)14-10-6-4-9(5-7-10)11(12)13-3;1-8(2)12-7-5-6-9(12)10(3,4)11;1-7(2)11-6-4-5-9(11)8(3)10;1-8(2)11-6-4-3-5-9(11)7-10;1-7(2)10-5-3-4-8(10)6-9;1-7(2)9-5-3-8-4-6-9/h3-8,10H,9H2,1-2H3;4-8H,1-3H3;8-9H,5-7,11H2,1-4H3;7-9H,4-6,10H2,1-3H3;8-9H,3-7,10H2,1-2H3;7-8H,3-6,9H2,1-2H3;7-8H,3-6H2,1-2H3. The summed E-state index contributed by atoms with van der Waals surface area (Å²) in [6.07, 6.45) is 14.9. The van der Waals surface area contributed by atoms with Crippen LogP contribution in [0.15, 0.2) is 60.8 Å². The van der Waals surface area contributed by atoms with Crippen molar-refractivity contribution < 1.29 is 14.3 Å². The molecule has 5 aliphatic rings. The first-order valence-corrected chi connectivity index (χ1v) is 31.9. The molecule has 14 heteroatoms. The fourth-order valence-corrected chi connectivity index (χ4v) is 12.0. The van der Waals surface area contributed by atoms with Gasteiger partial charge < -0.3 is 37.7 Å². The zero-order chi connectivity index (χ0) is 60.8. The third-order valence-electron chi connectivity index (χ3n) is 16.3. The van der Waals surface area contributed by atoms with Gasteiger partial charge in [0.15, 0.2) is 0 Å². The van der Waals surface area contributed by atoms with Crippen LogP contribution in [0.3, 0.4) is 0 Å². The zero-order valence-corrected chi connectivity index (χ0v) is 55.1. The number of carbonyl (C=O) groups is 1. The maximum Gasteiger partial charge on any atom is 0.337 e. The van der Waals surface area contributed by atoms with Crippen LogP contribution in [0.1, 0.15) is 192 Å². The highest BCUT2D eigenvalue weighted by Gasteiger charge is 2.35. The molecule has 3 aromatic rings. The molecule has 8 rings (SSSR count). The number of hydrogen-bond acceptors (Lipinski definition) is 14. The van der Waals surface area contributed by atoms with Gasteiger partial charge in [0, 0.05) is 123 Å². The Bertz CT molecular complexity index is 2040. The predicted octanol–water partition coefficient (Wildman–Crippen LogP) is 10.8. The zero-order valence-electron chi connectivity index (χ0n) is 55.1. The molecule has 6 heterocycles. The van der Waals surface area contributed by atoms with Crippen molar-refractivity contribution >= 4 is 16.7 Å². The molecule has 466 valence electrons. The van der Waals surface area contributed by atoms with Crippen molar-refractivity contribution in [3.63, 3.8) is 0 Å². The Morgan fingerprint density at radius 2 is 1.14 bits per heavy atom. The highest BCUT2D eigenvalue weighted by molar-refractivity contribution is 5.89. The van der Waals surface area contributed by atoms with Crippen LogP contribution in [0.2, 0.25) is 0 Å². The number of esters is 1. The van der Waals surface area contributed by atoms with Crippen molar-refractivity contribution in [2.45, 2.75) is 254 Å². The first-order chi connectivity index (χ1) is 38.3. The smallest absolute Gasteiger partial charge is 0.337 e. The molecule has 0 saturated carbocycles. The molecule has 5 aliphatic heterocycles. The molecular formula is C67H125N11O3. The molecule has 5 fully saturated rings. The number of ether oxygens (including phenoxy) is 2. The van der Waals surface area contributed by atoms with Gasteiger partial charge in [-0.1, -0.05) is 44.5 Å². The Hall–Kier alpha value is -3.28. The van der Waals surface area contributed by atoms with E-state index in [-0.39, 0.29) is 17.6 Å². The fourth-order valence-electron chi connectivity index (χ4n) is 12.0. The number of pyridine rings is 1. The van der Waals surface area contributed by atoms with E-state index in [4.69, 9.17) is 27.7 Å². The Morgan fingerprint density at radius 3 is 1.58 bits per heavy atom. The number of piperidine rings is 1. The maximum atomic E-state index is 11.1. The summed E-state index contributed by atoms with van der Waals surface area (Å²) < 4.78 is 10.0. The highest BCUT2D eigenvalue weighted by Crippen LogP contribution is 2.27. The second-order valence-corrected chi connectivity index (χ2v) is 25.9. The summed E-state index contributed by atoms with van der Waals surface area (Å²) in [5.74, 6) is 1.09. The number of nitrogens with zero attached hydrogens (tertiary/aromatic N) is 6. The Balaban J connectivity index is 0.000000324. The lowest BCUT2D eigenvalue weighted by atomic mass is 9.93. The topological polar surface area (TPSA) is 181 Å². The third kappa shape index (κ3) is 27.5. The number of hydrogen-bond donors (Lipinski definition) is 5. The molecule has 0 spiro atoms. The van der Waals surface area contributed by atoms with E-state index in [2.05, 4.69) is 174 Å². The van der Waals surface area contributed by atoms with E-state index in [9.17, 15) is 4.79 Å². The monoisotopic (exact) mass is 1130 g/mol. The predicted molar refractivity (Wildman–Crippen MR) is 348 cm³/mol. The number of methoxy groups -OCH3 is 1. The van der Waals surface area contributed by atoms with E-state index in [0.717, 1.165) is 44.4 Å². The summed E-state index contributed by atoms with van der Waals surface area (Å²) >= 11 is 0. The number of fused-ring (bicyclic) bond motifs is 1. The lowest BCUT2D eigenvalue weighted by Gasteiger charge is -2.37. The van der Waals surface area contributed by atoms with Crippen LogP contribution in [0, 0.1) is 5.92 Å². The van der Waals surface area contributed by atoms with E-state index in [0.29, 0.717) is 65.9 Å². The molecule has 9 N–H and O–H groups in total. The largest absolute Gasteiger partial charge is 0.491 e. The molecule has 2 aromatic carbocycles. The van der Waals surface area contributed by atoms with Crippen molar-refractivity contribution in [3.05, 3.63) is 72.1 Å². The second-order valence-electron chi connectivity index (χ2n) is 25.9. The molecule has 1 aromatic heterocycles. The number of aromatic nitrogens is 1. The van der Waals surface area contributed by atoms with Gasteiger partial charge in [-0.25, -0.2) is 4.79 Å². The summed E-state index contributed by atoms with van der Waals surface area (Å²) in [5.41, 5.74) is 25.0. The lowest BCUT2D eigenvalue weighted by molar-refractivity contribution is 0.0600. The van der Waals surface area contributed by atoms with Crippen LogP contribution in [-0.4, -0.2) is 180 Å². The average Bonchev–Trinajstić information content (AvgIpc) is 4.25. The van der Waals surface area contributed by atoms with Crippen LogP contribution in [0.25, 0.3) is 10.8 Å². The number of rotatable bonds is 14. The van der Waals surface area contributed by atoms with Gasteiger partial charge in [-0.3, -0.25) is 29.5 Å². The van der Waals surface area contributed by atoms with E-state index >= 15 is 0 Å². The summed E-state index contributed by atoms with van der Waals surface area (Å²) in [4.78, 5) is 28.1. The van der Waals surface area contributed by atoms with Gasteiger partial charge in [-0.2, -0.15) is 0 Å². The van der Waals surface area contributed by atoms with Gasteiger partial charge in [-0.05, 0) is 229 Å². The van der Waals surface area contributed by atoms with Gasteiger partial charge in [0.05, 0.1) is 18.8 Å². The van der Waals surface area contributed by atoms with Gasteiger partial charge in [0.25, 0.3) is 0 Å². The van der Waals surface area contributed by atoms with Crippen molar-refractivity contribution in [1.82, 2.24) is 34.8 Å². The van der Waals surface area contributed by atoms with E-state index in [1.807, 2.05) is 20.0 Å². The van der Waals surface area contributed by atoms with Crippen LogP contribution in [-0.2, 0) is 11.2 Å². The molecule has 0 radical (unpaired) electrons. The molecule has 5 unspecified atom stereocenters. The van der Waals surface area contributed by atoms with E-state index in [1.54, 1.807) is 24.3 Å². The highest BCUT2D eigenvalue weighted by atomic mass is 16.5. The number of nitrogens with two attached hydrogens (primary N) is 4. The van der Waals surface area contributed by atoms with Crippen molar-refractivity contribution in [2.75, 3.05) is 72.6 Å². The minimum Gasteiger partial charge on any atom is -0.491 e. The number of likely N-dealkylation sites (tertiary alicyclic amines) is 4.